The van der Waals surface area contributed by atoms with Crippen LogP contribution in [0, 0.1) is 0 Å². The molecule has 2 aromatic heterocycles. The van der Waals surface area contributed by atoms with Crippen molar-refractivity contribution in [3.05, 3.63) is 66.1 Å². The number of rotatable bonds is 2. The van der Waals surface area contributed by atoms with Gasteiger partial charge in [0.05, 0.1) is 11.7 Å². The maximum absolute atomic E-state index is 4.20. The molecule has 2 nitrogen and oxygen atoms in total. The van der Waals surface area contributed by atoms with E-state index in [1.54, 1.807) is 0 Å². The number of aryl methyl sites for hydroxylation is 1. The third-order valence-corrected chi connectivity index (χ3v) is 3.59. The molecule has 0 bridgehead atoms. The third kappa shape index (κ3) is 1.70. The van der Waals surface area contributed by atoms with Crippen LogP contribution in [0.5, 0.6) is 0 Å². The molecular formula is C16H16N2. The summed E-state index contributed by atoms with van der Waals surface area (Å²) in [6, 6.07) is 12.7. The summed E-state index contributed by atoms with van der Waals surface area (Å²) >= 11 is 0. The summed E-state index contributed by atoms with van der Waals surface area (Å²) in [5.74, 6) is 0.400. The first-order valence-corrected chi connectivity index (χ1v) is 6.21. The number of hydrogen-bond donors (Lipinski definition) is 0. The van der Waals surface area contributed by atoms with Crippen molar-refractivity contribution in [3.8, 4) is 0 Å². The average Bonchev–Trinajstić information content (AvgIpc) is 2.77. The summed E-state index contributed by atoms with van der Waals surface area (Å²) in [5, 5.41) is 1.30. The lowest BCUT2D eigenvalue weighted by Gasteiger charge is -2.10. The van der Waals surface area contributed by atoms with E-state index in [1.807, 2.05) is 12.4 Å². The van der Waals surface area contributed by atoms with Crippen LogP contribution in [0.3, 0.4) is 0 Å². The van der Waals surface area contributed by atoms with Crippen molar-refractivity contribution in [2.24, 2.45) is 7.05 Å². The Balaban J connectivity index is 2.15. The first kappa shape index (κ1) is 11.0. The summed E-state index contributed by atoms with van der Waals surface area (Å²) < 4.78 is 2.15. The van der Waals surface area contributed by atoms with Gasteiger partial charge in [-0.1, -0.05) is 37.3 Å². The molecule has 3 aromatic rings. The molecule has 2 heterocycles. The topological polar surface area (TPSA) is 17.8 Å². The highest BCUT2D eigenvalue weighted by atomic mass is 14.9. The Bertz CT molecular complexity index is 668. The van der Waals surface area contributed by atoms with Crippen molar-refractivity contribution in [1.29, 1.82) is 0 Å². The zero-order valence-electron chi connectivity index (χ0n) is 10.7. The van der Waals surface area contributed by atoms with E-state index in [1.165, 1.54) is 22.0 Å². The molecule has 1 atom stereocenters. The lowest BCUT2D eigenvalue weighted by atomic mass is 9.93. The number of aromatic nitrogens is 2. The second-order valence-electron chi connectivity index (χ2n) is 4.72. The van der Waals surface area contributed by atoms with Gasteiger partial charge in [-0.15, -0.1) is 0 Å². The van der Waals surface area contributed by atoms with Crippen LogP contribution in [0.4, 0.5) is 0 Å². The second-order valence-corrected chi connectivity index (χ2v) is 4.72. The zero-order valence-corrected chi connectivity index (χ0v) is 10.7. The van der Waals surface area contributed by atoms with Crippen LogP contribution in [0.25, 0.3) is 10.9 Å². The minimum atomic E-state index is 0.400. The Morgan fingerprint density at radius 3 is 2.67 bits per heavy atom. The Morgan fingerprint density at radius 1 is 1.11 bits per heavy atom. The predicted octanol–water partition coefficient (Wildman–Crippen LogP) is 3.73. The van der Waals surface area contributed by atoms with Gasteiger partial charge in [0, 0.05) is 30.7 Å². The smallest absolute Gasteiger partial charge is 0.0667 e. The second kappa shape index (κ2) is 4.30. The number of benzene rings is 1. The first-order valence-electron chi connectivity index (χ1n) is 6.21. The van der Waals surface area contributed by atoms with Gasteiger partial charge in [-0.3, -0.25) is 4.98 Å². The molecule has 0 amide bonds. The number of hydrogen-bond acceptors (Lipinski definition) is 1. The van der Waals surface area contributed by atoms with Gasteiger partial charge >= 0.3 is 0 Å². The molecule has 1 unspecified atom stereocenters. The Labute approximate surface area is 107 Å². The molecule has 0 saturated heterocycles. The van der Waals surface area contributed by atoms with Crippen LogP contribution >= 0.6 is 0 Å². The highest BCUT2D eigenvalue weighted by molar-refractivity contribution is 5.84. The van der Waals surface area contributed by atoms with Crippen LogP contribution in [0.1, 0.15) is 24.0 Å². The fraction of sp³-hybridized carbons (Fsp3) is 0.188. The van der Waals surface area contributed by atoms with Crippen LogP contribution in [-0.4, -0.2) is 9.55 Å². The molecule has 0 aliphatic heterocycles. The minimum Gasteiger partial charge on any atom is -0.349 e. The highest BCUT2D eigenvalue weighted by Crippen LogP contribution is 2.30. The molecule has 2 heteroatoms. The van der Waals surface area contributed by atoms with Crippen molar-refractivity contribution in [2.45, 2.75) is 12.8 Å². The van der Waals surface area contributed by atoms with E-state index in [-0.39, 0.29) is 0 Å². The lowest BCUT2D eigenvalue weighted by Crippen LogP contribution is -1.94. The molecule has 18 heavy (non-hydrogen) atoms. The maximum atomic E-state index is 4.20. The molecular weight excluding hydrogens is 220 g/mol. The molecule has 0 aliphatic carbocycles. The molecule has 0 saturated carbocycles. The number of fused-ring (bicyclic) bond motifs is 1. The van der Waals surface area contributed by atoms with Crippen molar-refractivity contribution >= 4 is 10.9 Å². The monoisotopic (exact) mass is 236 g/mol. The van der Waals surface area contributed by atoms with Crippen molar-refractivity contribution in [2.75, 3.05) is 0 Å². The molecule has 0 spiro atoms. The number of pyridine rings is 1. The van der Waals surface area contributed by atoms with E-state index in [9.17, 15) is 0 Å². The average molecular weight is 236 g/mol. The predicted molar refractivity (Wildman–Crippen MR) is 74.7 cm³/mol. The molecule has 3 rings (SSSR count). The van der Waals surface area contributed by atoms with Gasteiger partial charge in [-0.2, -0.15) is 0 Å². The molecule has 1 aromatic carbocycles. The normalized spacial score (nSPS) is 12.8. The van der Waals surface area contributed by atoms with Gasteiger partial charge in [0.1, 0.15) is 0 Å². The summed E-state index contributed by atoms with van der Waals surface area (Å²) in [5.41, 5.74) is 3.90. The van der Waals surface area contributed by atoms with Crippen molar-refractivity contribution in [3.63, 3.8) is 0 Å². The summed E-state index contributed by atoms with van der Waals surface area (Å²) in [6.45, 7) is 2.25. The third-order valence-electron chi connectivity index (χ3n) is 3.59. The Morgan fingerprint density at radius 2 is 1.89 bits per heavy atom. The van der Waals surface area contributed by atoms with Crippen molar-refractivity contribution in [1.82, 2.24) is 9.55 Å². The SMILES string of the molecule is CC(c1ccccc1)c1cn(C)c2cnccc12. The van der Waals surface area contributed by atoms with Gasteiger partial charge < -0.3 is 4.57 Å². The van der Waals surface area contributed by atoms with Gasteiger partial charge in [-0.25, -0.2) is 0 Å². The van der Waals surface area contributed by atoms with E-state index in [2.05, 4.69) is 66.1 Å². The maximum Gasteiger partial charge on any atom is 0.0667 e. The fourth-order valence-corrected chi connectivity index (χ4v) is 2.53. The van der Waals surface area contributed by atoms with Gasteiger partial charge in [-0.05, 0) is 17.2 Å². The van der Waals surface area contributed by atoms with E-state index in [4.69, 9.17) is 0 Å². The lowest BCUT2D eigenvalue weighted by molar-refractivity contribution is 0.898. The van der Waals surface area contributed by atoms with E-state index < -0.39 is 0 Å². The Hall–Kier alpha value is -2.09. The van der Waals surface area contributed by atoms with Crippen LogP contribution in [0.2, 0.25) is 0 Å². The first-order chi connectivity index (χ1) is 8.77. The van der Waals surface area contributed by atoms with E-state index in [0.717, 1.165) is 0 Å². The Kier molecular flexibility index (Phi) is 2.63. The van der Waals surface area contributed by atoms with Crippen LogP contribution < -0.4 is 0 Å². The molecule has 0 fully saturated rings. The molecule has 0 N–H and O–H groups in total. The quantitative estimate of drug-likeness (QED) is 0.663. The van der Waals surface area contributed by atoms with Gasteiger partial charge in [0.25, 0.3) is 0 Å². The number of nitrogens with zero attached hydrogens (tertiary/aromatic N) is 2. The molecule has 0 radical (unpaired) electrons. The van der Waals surface area contributed by atoms with Crippen LogP contribution in [-0.2, 0) is 7.05 Å². The molecule has 90 valence electrons. The van der Waals surface area contributed by atoms with E-state index in [0.29, 0.717) is 5.92 Å². The molecule has 0 aliphatic rings. The van der Waals surface area contributed by atoms with Gasteiger partial charge in [0.15, 0.2) is 0 Å². The summed E-state index contributed by atoms with van der Waals surface area (Å²) in [4.78, 5) is 4.20. The fourth-order valence-electron chi connectivity index (χ4n) is 2.53. The standard InChI is InChI=1S/C16H16N2/c1-12(13-6-4-3-5-7-13)15-11-18(2)16-10-17-9-8-14(15)16/h3-12H,1-2H3. The van der Waals surface area contributed by atoms with Crippen molar-refractivity contribution < 1.29 is 0 Å². The summed E-state index contributed by atoms with van der Waals surface area (Å²) in [6.07, 6.45) is 6.00. The highest BCUT2D eigenvalue weighted by Gasteiger charge is 2.14. The van der Waals surface area contributed by atoms with Gasteiger partial charge in [0.2, 0.25) is 0 Å². The summed E-state index contributed by atoms with van der Waals surface area (Å²) in [7, 11) is 2.07. The zero-order chi connectivity index (χ0) is 12.5. The minimum absolute atomic E-state index is 0.400. The van der Waals surface area contributed by atoms with Crippen LogP contribution in [0.15, 0.2) is 55.0 Å². The largest absolute Gasteiger partial charge is 0.349 e. The van der Waals surface area contributed by atoms with E-state index >= 15 is 0 Å².